The summed E-state index contributed by atoms with van der Waals surface area (Å²) < 4.78 is 10.1. The minimum atomic E-state index is -0.481. The highest BCUT2D eigenvalue weighted by Crippen LogP contribution is 2.27. The number of nitrogens with zero attached hydrogens (tertiary/aromatic N) is 1. The SMILES string of the molecule is CCOc1cc(OC)cc([N+](=O)[O-])c1. The van der Waals surface area contributed by atoms with E-state index in [0.717, 1.165) is 0 Å². The lowest BCUT2D eigenvalue weighted by Gasteiger charge is -2.05. The van der Waals surface area contributed by atoms with Crippen LogP contribution in [0.4, 0.5) is 5.69 Å². The minimum absolute atomic E-state index is 0.0344. The van der Waals surface area contributed by atoms with E-state index in [1.165, 1.54) is 19.2 Å². The molecule has 14 heavy (non-hydrogen) atoms. The number of hydrogen-bond donors (Lipinski definition) is 0. The molecule has 76 valence electrons. The number of rotatable bonds is 4. The normalized spacial score (nSPS) is 9.57. The van der Waals surface area contributed by atoms with Gasteiger partial charge in [-0.25, -0.2) is 0 Å². The topological polar surface area (TPSA) is 61.6 Å². The Morgan fingerprint density at radius 2 is 2.00 bits per heavy atom. The van der Waals surface area contributed by atoms with Crippen LogP contribution in [-0.2, 0) is 0 Å². The van der Waals surface area contributed by atoms with Crippen molar-refractivity contribution in [2.75, 3.05) is 13.7 Å². The molecule has 0 saturated carbocycles. The van der Waals surface area contributed by atoms with Gasteiger partial charge in [0.15, 0.2) is 0 Å². The number of nitro benzene ring substituents is 1. The molecule has 0 aliphatic heterocycles. The van der Waals surface area contributed by atoms with Gasteiger partial charge in [-0.3, -0.25) is 10.1 Å². The van der Waals surface area contributed by atoms with E-state index < -0.39 is 4.92 Å². The van der Waals surface area contributed by atoms with E-state index in [1.54, 1.807) is 6.07 Å². The van der Waals surface area contributed by atoms with Crippen molar-refractivity contribution >= 4 is 5.69 Å². The summed E-state index contributed by atoms with van der Waals surface area (Å²) in [6, 6.07) is 4.32. The average Bonchev–Trinajstić information content (AvgIpc) is 2.17. The summed E-state index contributed by atoms with van der Waals surface area (Å²) in [4.78, 5) is 10.0. The van der Waals surface area contributed by atoms with Crippen LogP contribution in [0.1, 0.15) is 6.92 Å². The Balaban J connectivity index is 3.06. The smallest absolute Gasteiger partial charge is 0.276 e. The zero-order chi connectivity index (χ0) is 10.6. The Kier molecular flexibility index (Phi) is 3.28. The molecule has 0 aromatic heterocycles. The molecule has 0 heterocycles. The molecule has 1 aromatic rings. The van der Waals surface area contributed by atoms with Gasteiger partial charge in [-0.2, -0.15) is 0 Å². The van der Waals surface area contributed by atoms with Gasteiger partial charge in [0.05, 0.1) is 30.8 Å². The first kappa shape index (κ1) is 10.3. The van der Waals surface area contributed by atoms with E-state index in [9.17, 15) is 10.1 Å². The molecule has 0 fully saturated rings. The van der Waals surface area contributed by atoms with Crippen molar-refractivity contribution < 1.29 is 14.4 Å². The van der Waals surface area contributed by atoms with Crippen molar-refractivity contribution in [3.05, 3.63) is 28.3 Å². The largest absolute Gasteiger partial charge is 0.496 e. The lowest BCUT2D eigenvalue weighted by atomic mass is 10.3. The molecular weight excluding hydrogens is 186 g/mol. The predicted molar refractivity (Wildman–Crippen MR) is 50.8 cm³/mol. The van der Waals surface area contributed by atoms with Crippen molar-refractivity contribution in [2.24, 2.45) is 0 Å². The summed E-state index contributed by atoms with van der Waals surface area (Å²) in [7, 11) is 1.45. The molecule has 1 aromatic carbocycles. The third-order valence-electron chi connectivity index (χ3n) is 1.62. The fourth-order valence-corrected chi connectivity index (χ4v) is 1.03. The molecule has 0 N–H and O–H groups in total. The van der Waals surface area contributed by atoms with E-state index in [0.29, 0.717) is 18.1 Å². The van der Waals surface area contributed by atoms with Gasteiger partial charge >= 0.3 is 0 Å². The molecule has 0 aliphatic carbocycles. The van der Waals surface area contributed by atoms with Crippen LogP contribution in [0.15, 0.2) is 18.2 Å². The van der Waals surface area contributed by atoms with Gasteiger partial charge in [0, 0.05) is 6.07 Å². The average molecular weight is 197 g/mol. The maximum Gasteiger partial charge on any atom is 0.276 e. The van der Waals surface area contributed by atoms with Crippen LogP contribution in [0.2, 0.25) is 0 Å². The Hall–Kier alpha value is -1.78. The second-order valence-electron chi connectivity index (χ2n) is 2.56. The number of methoxy groups -OCH3 is 1. The Labute approximate surface area is 81.4 Å². The monoisotopic (exact) mass is 197 g/mol. The van der Waals surface area contributed by atoms with Gasteiger partial charge in [0.25, 0.3) is 5.69 Å². The number of hydrogen-bond acceptors (Lipinski definition) is 4. The molecule has 0 spiro atoms. The molecule has 0 bridgehead atoms. The standard InChI is InChI=1S/C9H11NO4/c1-3-14-9-5-7(10(11)12)4-8(6-9)13-2/h4-6H,3H2,1-2H3. The first-order valence-corrected chi connectivity index (χ1v) is 4.13. The fourth-order valence-electron chi connectivity index (χ4n) is 1.03. The van der Waals surface area contributed by atoms with E-state index in [-0.39, 0.29) is 5.69 Å². The summed E-state index contributed by atoms with van der Waals surface area (Å²) in [5.74, 6) is 0.862. The number of non-ortho nitro benzene ring substituents is 1. The molecule has 0 unspecified atom stereocenters. The van der Waals surface area contributed by atoms with Crippen molar-refractivity contribution in [1.29, 1.82) is 0 Å². The van der Waals surface area contributed by atoms with Crippen molar-refractivity contribution in [1.82, 2.24) is 0 Å². The molecule has 0 radical (unpaired) electrons. The van der Waals surface area contributed by atoms with Crippen LogP contribution in [0.3, 0.4) is 0 Å². The quantitative estimate of drug-likeness (QED) is 0.547. The van der Waals surface area contributed by atoms with Crippen molar-refractivity contribution in [3.8, 4) is 11.5 Å². The highest BCUT2D eigenvalue weighted by atomic mass is 16.6. The summed E-state index contributed by atoms with van der Waals surface area (Å²) in [5.41, 5.74) is -0.0344. The molecule has 1 rings (SSSR count). The number of ether oxygens (including phenoxy) is 2. The van der Waals surface area contributed by atoms with Crippen molar-refractivity contribution in [3.63, 3.8) is 0 Å². The van der Waals surface area contributed by atoms with Gasteiger partial charge < -0.3 is 9.47 Å². The van der Waals surface area contributed by atoms with Crippen LogP contribution in [-0.4, -0.2) is 18.6 Å². The maximum absolute atomic E-state index is 10.5. The zero-order valence-electron chi connectivity index (χ0n) is 8.02. The Morgan fingerprint density at radius 3 is 2.50 bits per heavy atom. The molecule has 0 amide bonds. The van der Waals surface area contributed by atoms with Gasteiger partial charge in [0.2, 0.25) is 0 Å². The number of nitro groups is 1. The molecule has 0 aliphatic rings. The number of benzene rings is 1. The van der Waals surface area contributed by atoms with Crippen LogP contribution in [0.5, 0.6) is 11.5 Å². The molecular formula is C9H11NO4. The van der Waals surface area contributed by atoms with E-state index >= 15 is 0 Å². The van der Waals surface area contributed by atoms with E-state index in [2.05, 4.69) is 0 Å². The summed E-state index contributed by atoms with van der Waals surface area (Å²) >= 11 is 0. The summed E-state index contributed by atoms with van der Waals surface area (Å²) in [6.45, 7) is 2.27. The Bertz CT molecular complexity index is 338. The van der Waals surface area contributed by atoms with Crippen LogP contribution in [0, 0.1) is 10.1 Å². The molecule has 0 saturated heterocycles. The maximum atomic E-state index is 10.5. The van der Waals surface area contributed by atoms with E-state index in [1.807, 2.05) is 6.92 Å². The first-order valence-electron chi connectivity index (χ1n) is 4.13. The lowest BCUT2D eigenvalue weighted by Crippen LogP contribution is -1.95. The minimum Gasteiger partial charge on any atom is -0.496 e. The molecule has 5 nitrogen and oxygen atoms in total. The first-order chi connectivity index (χ1) is 6.67. The van der Waals surface area contributed by atoms with Crippen LogP contribution < -0.4 is 9.47 Å². The van der Waals surface area contributed by atoms with Crippen LogP contribution >= 0.6 is 0 Å². The van der Waals surface area contributed by atoms with Gasteiger partial charge in [-0.15, -0.1) is 0 Å². The highest BCUT2D eigenvalue weighted by Gasteiger charge is 2.10. The van der Waals surface area contributed by atoms with Gasteiger partial charge in [0.1, 0.15) is 11.5 Å². The highest BCUT2D eigenvalue weighted by molar-refractivity contribution is 5.45. The summed E-state index contributed by atoms with van der Waals surface area (Å²) in [5, 5.41) is 10.5. The zero-order valence-corrected chi connectivity index (χ0v) is 8.02. The second-order valence-corrected chi connectivity index (χ2v) is 2.56. The predicted octanol–water partition coefficient (Wildman–Crippen LogP) is 2.00. The second kappa shape index (κ2) is 4.45. The third kappa shape index (κ3) is 2.35. The molecule has 5 heteroatoms. The molecule has 0 atom stereocenters. The van der Waals surface area contributed by atoms with Gasteiger partial charge in [-0.1, -0.05) is 0 Å². The lowest BCUT2D eigenvalue weighted by molar-refractivity contribution is -0.385. The third-order valence-corrected chi connectivity index (χ3v) is 1.62. The van der Waals surface area contributed by atoms with E-state index in [4.69, 9.17) is 9.47 Å². The van der Waals surface area contributed by atoms with Crippen LogP contribution in [0.25, 0.3) is 0 Å². The van der Waals surface area contributed by atoms with Gasteiger partial charge in [-0.05, 0) is 6.92 Å². The Morgan fingerprint density at radius 1 is 1.36 bits per heavy atom. The fraction of sp³-hybridized carbons (Fsp3) is 0.333. The van der Waals surface area contributed by atoms with Crippen molar-refractivity contribution in [2.45, 2.75) is 6.92 Å². The summed E-state index contributed by atoms with van der Waals surface area (Å²) in [6.07, 6.45) is 0.